The van der Waals surface area contributed by atoms with Gasteiger partial charge in [-0.2, -0.15) is 10.4 Å². The number of aryl methyl sites for hydroxylation is 1. The molecule has 0 amide bonds. The molecule has 0 aliphatic carbocycles. The average molecular weight is 488 g/mol. The van der Waals surface area contributed by atoms with E-state index in [1.807, 2.05) is 6.07 Å². The zero-order valence-electron chi connectivity index (χ0n) is 15.5. The topological polar surface area (TPSA) is 83.7 Å². The van der Waals surface area contributed by atoms with Crippen LogP contribution in [0, 0.1) is 17.1 Å². The normalized spacial score (nSPS) is 10.9. The Morgan fingerprint density at radius 2 is 2.13 bits per heavy atom. The molecule has 0 aliphatic rings. The Morgan fingerprint density at radius 1 is 1.33 bits per heavy atom. The van der Waals surface area contributed by atoms with Crippen molar-refractivity contribution in [1.82, 2.24) is 14.8 Å². The standard InChI is InChI=1S/C21H13BrClFN4O2/c1-28-5-4-15-17(26-27-19(15)21(28)29)8-12-2-3-16(22)20(18(12)24)30-14-7-11(10-25)6-13(23)9-14/h2-7,9H,8H2,1H3,(H,26,27). The third kappa shape index (κ3) is 3.70. The van der Waals surface area contributed by atoms with E-state index in [0.29, 0.717) is 37.2 Å². The summed E-state index contributed by atoms with van der Waals surface area (Å²) in [6, 6.07) is 11.5. The van der Waals surface area contributed by atoms with Crippen molar-refractivity contribution in [3.63, 3.8) is 0 Å². The average Bonchev–Trinajstić information content (AvgIpc) is 3.13. The van der Waals surface area contributed by atoms with Crippen molar-refractivity contribution >= 4 is 38.4 Å². The Labute approximate surface area is 183 Å². The molecule has 30 heavy (non-hydrogen) atoms. The van der Waals surface area contributed by atoms with Gasteiger partial charge in [0.15, 0.2) is 17.1 Å². The molecule has 2 aromatic carbocycles. The minimum absolute atomic E-state index is 0.0293. The van der Waals surface area contributed by atoms with Gasteiger partial charge < -0.3 is 9.30 Å². The van der Waals surface area contributed by atoms with E-state index >= 15 is 4.39 Å². The van der Waals surface area contributed by atoms with Crippen molar-refractivity contribution in [1.29, 1.82) is 5.26 Å². The number of rotatable bonds is 4. The summed E-state index contributed by atoms with van der Waals surface area (Å²) < 4.78 is 22.8. The Hall–Kier alpha value is -3.15. The van der Waals surface area contributed by atoms with Gasteiger partial charge in [0.05, 0.1) is 16.1 Å². The van der Waals surface area contributed by atoms with Gasteiger partial charge in [-0.05, 0) is 51.8 Å². The number of nitrogens with zero attached hydrogens (tertiary/aromatic N) is 3. The monoisotopic (exact) mass is 486 g/mol. The van der Waals surface area contributed by atoms with Crippen LogP contribution >= 0.6 is 27.5 Å². The SMILES string of the molecule is Cn1ccc2c(Cc3ccc(Br)c(Oc4cc(Cl)cc(C#N)c4)c3F)[nH]nc2c1=O. The first-order valence-electron chi connectivity index (χ1n) is 8.75. The molecular formula is C21H13BrClFN4O2. The zero-order chi connectivity index (χ0) is 21.4. The van der Waals surface area contributed by atoms with Crippen LogP contribution in [0.15, 0.2) is 51.9 Å². The molecule has 0 saturated carbocycles. The number of ether oxygens (including phenoxy) is 1. The van der Waals surface area contributed by atoms with Crippen LogP contribution in [0.2, 0.25) is 5.02 Å². The summed E-state index contributed by atoms with van der Waals surface area (Å²) in [5.41, 5.74) is 1.33. The van der Waals surface area contributed by atoms with Crippen LogP contribution < -0.4 is 10.3 Å². The number of nitriles is 1. The van der Waals surface area contributed by atoms with E-state index in [2.05, 4.69) is 26.1 Å². The molecule has 0 spiro atoms. The number of fused-ring (bicyclic) bond motifs is 1. The van der Waals surface area contributed by atoms with E-state index in [1.165, 1.54) is 22.8 Å². The number of aromatic amines is 1. The van der Waals surface area contributed by atoms with Gasteiger partial charge in [0.2, 0.25) is 0 Å². The molecule has 0 atom stereocenters. The Balaban J connectivity index is 1.72. The Bertz CT molecular complexity index is 1390. The van der Waals surface area contributed by atoms with E-state index in [1.54, 1.807) is 31.4 Å². The van der Waals surface area contributed by atoms with Gasteiger partial charge in [-0.15, -0.1) is 0 Å². The van der Waals surface area contributed by atoms with Crippen molar-refractivity contribution in [2.75, 3.05) is 0 Å². The molecule has 0 bridgehead atoms. The van der Waals surface area contributed by atoms with Crippen LogP contribution in [0.3, 0.4) is 0 Å². The lowest BCUT2D eigenvalue weighted by Gasteiger charge is -2.12. The molecule has 150 valence electrons. The number of nitrogens with one attached hydrogen (secondary N) is 1. The van der Waals surface area contributed by atoms with Crippen molar-refractivity contribution < 1.29 is 9.13 Å². The predicted octanol–water partition coefficient (Wildman–Crippen LogP) is 5.07. The highest BCUT2D eigenvalue weighted by atomic mass is 79.9. The van der Waals surface area contributed by atoms with Crippen LogP contribution in [-0.2, 0) is 13.5 Å². The lowest BCUT2D eigenvalue weighted by atomic mass is 10.1. The van der Waals surface area contributed by atoms with Gasteiger partial charge in [-0.1, -0.05) is 17.7 Å². The first kappa shape index (κ1) is 20.1. The van der Waals surface area contributed by atoms with E-state index < -0.39 is 5.82 Å². The number of benzene rings is 2. The summed E-state index contributed by atoms with van der Waals surface area (Å²) in [7, 11) is 1.64. The third-order valence-corrected chi connectivity index (χ3v) is 5.43. The van der Waals surface area contributed by atoms with E-state index in [0.717, 1.165) is 0 Å². The van der Waals surface area contributed by atoms with Crippen LogP contribution in [0.5, 0.6) is 11.5 Å². The molecule has 0 radical (unpaired) electrons. The smallest absolute Gasteiger partial charge is 0.278 e. The van der Waals surface area contributed by atoms with Crippen molar-refractivity contribution in [2.24, 2.45) is 7.05 Å². The first-order chi connectivity index (χ1) is 14.4. The zero-order valence-corrected chi connectivity index (χ0v) is 17.9. The summed E-state index contributed by atoms with van der Waals surface area (Å²) in [5.74, 6) is -0.362. The second-order valence-corrected chi connectivity index (χ2v) is 7.90. The highest BCUT2D eigenvalue weighted by Gasteiger charge is 2.18. The molecule has 1 N–H and O–H groups in total. The van der Waals surface area contributed by atoms with Crippen LogP contribution in [0.1, 0.15) is 16.8 Å². The second kappa shape index (κ2) is 7.94. The van der Waals surface area contributed by atoms with E-state index in [-0.39, 0.29) is 23.5 Å². The number of pyridine rings is 1. The van der Waals surface area contributed by atoms with E-state index in [4.69, 9.17) is 21.6 Å². The maximum Gasteiger partial charge on any atom is 0.278 e. The molecule has 2 heterocycles. The largest absolute Gasteiger partial charge is 0.453 e. The maximum absolute atomic E-state index is 15.3. The Kier molecular flexibility index (Phi) is 5.33. The molecule has 0 fully saturated rings. The third-order valence-electron chi connectivity index (χ3n) is 4.59. The molecule has 9 heteroatoms. The van der Waals surface area contributed by atoms with Gasteiger partial charge in [0, 0.05) is 35.8 Å². The van der Waals surface area contributed by atoms with Crippen molar-refractivity contribution in [2.45, 2.75) is 6.42 Å². The van der Waals surface area contributed by atoms with Gasteiger partial charge in [-0.25, -0.2) is 4.39 Å². The van der Waals surface area contributed by atoms with Gasteiger partial charge >= 0.3 is 0 Å². The number of hydrogen-bond acceptors (Lipinski definition) is 4. The number of aromatic nitrogens is 3. The molecule has 0 saturated heterocycles. The fourth-order valence-corrected chi connectivity index (χ4v) is 3.70. The number of H-pyrrole nitrogens is 1. The van der Waals surface area contributed by atoms with Crippen LogP contribution in [0.4, 0.5) is 4.39 Å². The summed E-state index contributed by atoms with van der Waals surface area (Å²) >= 11 is 9.31. The van der Waals surface area contributed by atoms with Gasteiger partial charge in [-0.3, -0.25) is 9.89 Å². The highest BCUT2D eigenvalue weighted by Crippen LogP contribution is 2.36. The fraction of sp³-hybridized carbons (Fsp3) is 0.0952. The lowest BCUT2D eigenvalue weighted by Crippen LogP contribution is -2.15. The second-order valence-electron chi connectivity index (χ2n) is 6.61. The quantitative estimate of drug-likeness (QED) is 0.435. The lowest BCUT2D eigenvalue weighted by molar-refractivity contribution is 0.436. The summed E-state index contributed by atoms with van der Waals surface area (Å²) in [5, 5.41) is 16.9. The molecule has 2 aromatic heterocycles. The van der Waals surface area contributed by atoms with Crippen molar-refractivity contribution in [3.05, 3.63) is 85.1 Å². The molecule has 0 aliphatic heterocycles. The minimum Gasteiger partial charge on any atom is -0.453 e. The van der Waals surface area contributed by atoms with Crippen LogP contribution in [-0.4, -0.2) is 14.8 Å². The number of halogens is 3. The molecular weight excluding hydrogens is 475 g/mol. The number of hydrogen-bond donors (Lipinski definition) is 1. The molecule has 4 aromatic rings. The molecule has 6 nitrogen and oxygen atoms in total. The van der Waals surface area contributed by atoms with Crippen LogP contribution in [0.25, 0.3) is 10.9 Å². The maximum atomic E-state index is 15.3. The molecule has 0 unspecified atom stereocenters. The summed E-state index contributed by atoms with van der Waals surface area (Å²) in [6.07, 6.45) is 1.82. The highest BCUT2D eigenvalue weighted by molar-refractivity contribution is 9.10. The Morgan fingerprint density at radius 3 is 2.90 bits per heavy atom. The fourth-order valence-electron chi connectivity index (χ4n) is 3.08. The summed E-state index contributed by atoms with van der Waals surface area (Å²) in [6.45, 7) is 0. The van der Waals surface area contributed by atoms with Gasteiger partial charge in [0.1, 0.15) is 5.75 Å². The first-order valence-corrected chi connectivity index (χ1v) is 9.92. The van der Waals surface area contributed by atoms with E-state index in [9.17, 15) is 4.79 Å². The van der Waals surface area contributed by atoms with Gasteiger partial charge in [0.25, 0.3) is 5.56 Å². The summed E-state index contributed by atoms with van der Waals surface area (Å²) in [4.78, 5) is 12.2. The predicted molar refractivity (Wildman–Crippen MR) is 114 cm³/mol. The minimum atomic E-state index is -0.575. The van der Waals surface area contributed by atoms with Crippen molar-refractivity contribution in [3.8, 4) is 17.6 Å². The molecule has 4 rings (SSSR count).